The molecule has 2 aromatic rings. The summed E-state index contributed by atoms with van der Waals surface area (Å²) in [6.45, 7) is 1.85. The Hall–Kier alpha value is -1.75. The van der Waals surface area contributed by atoms with Gasteiger partial charge in [-0.25, -0.2) is 0 Å². The van der Waals surface area contributed by atoms with Gasteiger partial charge in [0, 0.05) is 6.20 Å². The molecule has 76 valence electrons. The molecule has 0 unspecified atom stereocenters. The first-order chi connectivity index (χ1) is 7.27. The Morgan fingerprint density at radius 1 is 1.53 bits per heavy atom. The maximum absolute atomic E-state index is 11.7. The molecule has 0 radical (unpaired) electrons. The fourth-order valence-electron chi connectivity index (χ4n) is 1.13. The summed E-state index contributed by atoms with van der Waals surface area (Å²) in [6, 6.07) is 3.61. The van der Waals surface area contributed by atoms with Crippen molar-refractivity contribution in [3.8, 4) is 0 Å². The number of hydrogen-bond donors (Lipinski definition) is 1. The van der Waals surface area contributed by atoms with Crippen LogP contribution >= 0.6 is 11.3 Å². The summed E-state index contributed by atoms with van der Waals surface area (Å²) in [5, 5.41) is 2.78. The van der Waals surface area contributed by atoms with Crippen molar-refractivity contribution in [2.24, 2.45) is 0 Å². The fourth-order valence-corrected chi connectivity index (χ4v) is 1.64. The van der Waals surface area contributed by atoms with Crippen molar-refractivity contribution >= 4 is 22.9 Å². The van der Waals surface area contributed by atoms with Gasteiger partial charge in [-0.2, -0.15) is 0 Å². The number of rotatable bonds is 2. The lowest BCUT2D eigenvalue weighted by Crippen LogP contribution is -2.11. The Kier molecular flexibility index (Phi) is 2.73. The van der Waals surface area contributed by atoms with E-state index in [1.54, 1.807) is 24.0 Å². The van der Waals surface area contributed by atoms with Gasteiger partial charge >= 0.3 is 0 Å². The predicted octanol–water partition coefficient (Wildman–Crippen LogP) is 2.10. The third-order valence-electron chi connectivity index (χ3n) is 1.91. The van der Waals surface area contributed by atoms with Gasteiger partial charge in [0.05, 0.1) is 23.1 Å². The molecule has 0 saturated heterocycles. The predicted molar refractivity (Wildman–Crippen MR) is 59.0 cm³/mol. The molecule has 2 rings (SSSR count). The van der Waals surface area contributed by atoms with Crippen LogP contribution in [-0.4, -0.2) is 15.9 Å². The quantitative estimate of drug-likeness (QED) is 0.841. The van der Waals surface area contributed by atoms with Crippen molar-refractivity contribution in [3.63, 3.8) is 0 Å². The smallest absolute Gasteiger partial charge is 0.267 e. The maximum atomic E-state index is 11.7. The summed E-state index contributed by atoms with van der Waals surface area (Å²) in [6.07, 6.45) is 3.24. The zero-order valence-electron chi connectivity index (χ0n) is 8.10. The lowest BCUT2D eigenvalue weighted by atomic mass is 10.3. The summed E-state index contributed by atoms with van der Waals surface area (Å²) < 4.78 is 0. The molecule has 4 nitrogen and oxygen atoms in total. The highest BCUT2D eigenvalue weighted by Gasteiger charge is 2.08. The molecule has 0 bridgehead atoms. The SMILES string of the molecule is Cc1ncccc1NC(=O)c1cncs1. The van der Waals surface area contributed by atoms with E-state index in [1.807, 2.05) is 13.0 Å². The van der Waals surface area contributed by atoms with Crippen LogP contribution in [0.4, 0.5) is 5.69 Å². The highest BCUT2D eigenvalue weighted by molar-refractivity contribution is 7.11. The van der Waals surface area contributed by atoms with E-state index in [2.05, 4.69) is 15.3 Å². The van der Waals surface area contributed by atoms with Gasteiger partial charge in [0.25, 0.3) is 5.91 Å². The summed E-state index contributed by atoms with van der Waals surface area (Å²) in [4.78, 5) is 20.2. The van der Waals surface area contributed by atoms with E-state index in [0.29, 0.717) is 4.88 Å². The lowest BCUT2D eigenvalue weighted by molar-refractivity contribution is 0.103. The Bertz CT molecular complexity index is 467. The minimum Gasteiger partial charge on any atom is -0.320 e. The topological polar surface area (TPSA) is 54.9 Å². The largest absolute Gasteiger partial charge is 0.320 e. The highest BCUT2D eigenvalue weighted by Crippen LogP contribution is 2.13. The van der Waals surface area contributed by atoms with Gasteiger partial charge in [0.1, 0.15) is 4.88 Å². The van der Waals surface area contributed by atoms with Crippen molar-refractivity contribution < 1.29 is 4.79 Å². The van der Waals surface area contributed by atoms with Gasteiger partial charge in [-0.05, 0) is 19.1 Å². The second-order valence-corrected chi connectivity index (χ2v) is 3.84. The van der Waals surface area contributed by atoms with Gasteiger partial charge in [0.2, 0.25) is 0 Å². The number of nitrogens with one attached hydrogen (secondary N) is 1. The van der Waals surface area contributed by atoms with Crippen molar-refractivity contribution in [2.45, 2.75) is 6.92 Å². The van der Waals surface area contributed by atoms with Crippen molar-refractivity contribution in [2.75, 3.05) is 5.32 Å². The van der Waals surface area contributed by atoms with Crippen LogP contribution in [0.2, 0.25) is 0 Å². The van der Waals surface area contributed by atoms with Crippen molar-refractivity contribution in [1.29, 1.82) is 0 Å². The Morgan fingerprint density at radius 3 is 3.07 bits per heavy atom. The van der Waals surface area contributed by atoms with E-state index in [9.17, 15) is 4.79 Å². The number of hydrogen-bond acceptors (Lipinski definition) is 4. The van der Waals surface area contributed by atoms with E-state index in [-0.39, 0.29) is 5.91 Å². The first-order valence-corrected chi connectivity index (χ1v) is 5.27. The van der Waals surface area contributed by atoms with Gasteiger partial charge in [-0.3, -0.25) is 14.8 Å². The number of carbonyl (C=O) groups excluding carboxylic acids is 1. The number of aromatic nitrogens is 2. The Morgan fingerprint density at radius 2 is 2.40 bits per heavy atom. The lowest BCUT2D eigenvalue weighted by Gasteiger charge is -2.04. The third kappa shape index (κ3) is 2.19. The van der Waals surface area contributed by atoms with Crippen molar-refractivity contribution in [1.82, 2.24) is 9.97 Å². The monoisotopic (exact) mass is 219 g/mol. The summed E-state index contributed by atoms with van der Waals surface area (Å²) >= 11 is 1.31. The van der Waals surface area contributed by atoms with Crippen LogP contribution in [0, 0.1) is 6.92 Å². The first kappa shape index (κ1) is 9.79. The molecule has 2 aromatic heterocycles. The number of thiazole rings is 1. The molecule has 0 aliphatic carbocycles. The highest BCUT2D eigenvalue weighted by atomic mass is 32.1. The van der Waals surface area contributed by atoms with Gasteiger partial charge < -0.3 is 5.32 Å². The molecule has 5 heteroatoms. The molecule has 0 saturated carbocycles. The van der Waals surface area contributed by atoms with Gasteiger partial charge in [0.15, 0.2) is 0 Å². The van der Waals surface area contributed by atoms with E-state index in [4.69, 9.17) is 0 Å². The number of pyridine rings is 1. The number of nitrogens with zero attached hydrogens (tertiary/aromatic N) is 2. The zero-order chi connectivity index (χ0) is 10.7. The third-order valence-corrected chi connectivity index (χ3v) is 2.68. The molecule has 0 aromatic carbocycles. The second-order valence-electron chi connectivity index (χ2n) is 2.96. The minimum atomic E-state index is -0.145. The van der Waals surface area contributed by atoms with Crippen LogP contribution in [0.5, 0.6) is 0 Å². The van der Waals surface area contributed by atoms with E-state index >= 15 is 0 Å². The number of amides is 1. The average molecular weight is 219 g/mol. The van der Waals surface area contributed by atoms with Gasteiger partial charge in [-0.1, -0.05) is 0 Å². The number of aryl methyl sites for hydroxylation is 1. The van der Waals surface area contributed by atoms with Crippen LogP contribution in [0.1, 0.15) is 15.4 Å². The fraction of sp³-hybridized carbons (Fsp3) is 0.100. The minimum absolute atomic E-state index is 0.145. The molecule has 0 atom stereocenters. The molecule has 1 N–H and O–H groups in total. The average Bonchev–Trinajstić information content (AvgIpc) is 2.74. The first-order valence-electron chi connectivity index (χ1n) is 4.39. The summed E-state index contributed by atoms with van der Waals surface area (Å²) in [7, 11) is 0. The van der Waals surface area contributed by atoms with Crippen LogP contribution in [-0.2, 0) is 0 Å². The molecule has 2 heterocycles. The molecular formula is C10H9N3OS. The van der Waals surface area contributed by atoms with Gasteiger partial charge in [-0.15, -0.1) is 11.3 Å². The second kappa shape index (κ2) is 4.18. The van der Waals surface area contributed by atoms with Crippen LogP contribution in [0.15, 0.2) is 30.0 Å². The molecule has 0 fully saturated rings. The van der Waals surface area contributed by atoms with Crippen molar-refractivity contribution in [3.05, 3.63) is 40.6 Å². The van der Waals surface area contributed by atoms with E-state index in [1.165, 1.54) is 11.3 Å². The molecule has 15 heavy (non-hydrogen) atoms. The summed E-state index contributed by atoms with van der Waals surface area (Å²) in [5.74, 6) is -0.145. The molecule has 0 aliphatic rings. The van der Waals surface area contributed by atoms with E-state index in [0.717, 1.165) is 11.4 Å². The molecular weight excluding hydrogens is 210 g/mol. The zero-order valence-corrected chi connectivity index (χ0v) is 8.91. The maximum Gasteiger partial charge on any atom is 0.267 e. The Labute approximate surface area is 91.0 Å². The summed E-state index contributed by atoms with van der Waals surface area (Å²) in [5.41, 5.74) is 3.16. The van der Waals surface area contributed by atoms with Crippen LogP contribution in [0.25, 0.3) is 0 Å². The number of carbonyl (C=O) groups is 1. The molecule has 1 amide bonds. The van der Waals surface area contributed by atoms with Crippen LogP contribution < -0.4 is 5.32 Å². The Balaban J connectivity index is 2.17. The van der Waals surface area contributed by atoms with Crippen LogP contribution in [0.3, 0.4) is 0 Å². The van der Waals surface area contributed by atoms with E-state index < -0.39 is 0 Å². The molecule has 0 spiro atoms. The molecule has 0 aliphatic heterocycles. The standard InChI is InChI=1S/C10H9N3OS/c1-7-8(3-2-4-12-7)13-10(14)9-5-11-6-15-9/h2-6H,1H3,(H,13,14). The normalized spacial score (nSPS) is 9.93. The number of anilines is 1.